The predicted molar refractivity (Wildman–Crippen MR) is 99.2 cm³/mol. The Morgan fingerprint density at radius 2 is 2.15 bits per heavy atom. The molecule has 7 heteroatoms. The van der Waals surface area contributed by atoms with E-state index in [2.05, 4.69) is 5.32 Å². The molecular weight excluding hydrogens is 352 g/mol. The number of rotatable bonds is 1. The van der Waals surface area contributed by atoms with Gasteiger partial charge in [0.2, 0.25) is 0 Å². The molecule has 2 amide bonds. The molecule has 0 radical (unpaired) electrons. The molecular formula is C19H22N2O4S. The van der Waals surface area contributed by atoms with Crippen molar-refractivity contribution in [3.8, 4) is 0 Å². The number of amides is 2. The van der Waals surface area contributed by atoms with Crippen LogP contribution in [0, 0.1) is 5.41 Å². The van der Waals surface area contributed by atoms with Gasteiger partial charge in [-0.15, -0.1) is 0 Å². The highest BCUT2D eigenvalue weighted by atomic mass is 32.2. The van der Waals surface area contributed by atoms with E-state index >= 15 is 0 Å². The number of benzene rings is 1. The molecule has 26 heavy (non-hydrogen) atoms. The van der Waals surface area contributed by atoms with Crippen LogP contribution >= 0.6 is 11.8 Å². The standard InChI is InChI=1S/C19H22N2O4S/c22-16(17(23)21-7-1-5-19(11-21)6-9-26-12-19)20-14-3-2-13-4-8-25-18(24)15(13)10-14/h2-3,10H,1,4-9,11-12H2,(H,20,22). The van der Waals surface area contributed by atoms with Crippen molar-refractivity contribution in [2.75, 3.05) is 36.5 Å². The highest BCUT2D eigenvalue weighted by Gasteiger charge is 2.40. The summed E-state index contributed by atoms with van der Waals surface area (Å²) in [5, 5.41) is 2.65. The van der Waals surface area contributed by atoms with Crippen molar-refractivity contribution in [1.29, 1.82) is 0 Å². The summed E-state index contributed by atoms with van der Waals surface area (Å²) >= 11 is 1.94. The fourth-order valence-electron chi connectivity index (χ4n) is 4.07. The number of hydrogen-bond acceptors (Lipinski definition) is 5. The van der Waals surface area contributed by atoms with Crippen LogP contribution in [0.15, 0.2) is 18.2 Å². The number of hydrogen-bond donors (Lipinski definition) is 1. The Kier molecular flexibility index (Phi) is 4.65. The quantitative estimate of drug-likeness (QED) is 0.602. The number of esters is 1. The van der Waals surface area contributed by atoms with Crippen LogP contribution in [0.4, 0.5) is 5.69 Å². The molecule has 2 fully saturated rings. The minimum absolute atomic E-state index is 0.189. The first kappa shape index (κ1) is 17.4. The van der Waals surface area contributed by atoms with E-state index in [0.29, 0.717) is 37.4 Å². The summed E-state index contributed by atoms with van der Waals surface area (Å²) in [6.07, 6.45) is 3.88. The van der Waals surface area contributed by atoms with E-state index in [9.17, 15) is 14.4 Å². The molecule has 0 aliphatic carbocycles. The van der Waals surface area contributed by atoms with Crippen molar-refractivity contribution in [3.05, 3.63) is 29.3 Å². The van der Waals surface area contributed by atoms with Gasteiger partial charge < -0.3 is 15.0 Å². The average Bonchev–Trinajstić information content (AvgIpc) is 3.09. The molecule has 2 saturated heterocycles. The van der Waals surface area contributed by atoms with Gasteiger partial charge in [-0.05, 0) is 48.1 Å². The van der Waals surface area contributed by atoms with Crippen LogP contribution in [0.2, 0.25) is 0 Å². The van der Waals surface area contributed by atoms with Crippen molar-refractivity contribution < 1.29 is 19.1 Å². The summed E-state index contributed by atoms with van der Waals surface area (Å²) in [4.78, 5) is 38.6. The molecule has 4 rings (SSSR count). The van der Waals surface area contributed by atoms with Gasteiger partial charge in [-0.2, -0.15) is 11.8 Å². The molecule has 0 bridgehead atoms. The lowest BCUT2D eigenvalue weighted by molar-refractivity contribution is -0.145. The molecule has 3 aliphatic rings. The maximum absolute atomic E-state index is 12.6. The van der Waals surface area contributed by atoms with E-state index in [4.69, 9.17) is 4.74 Å². The number of cyclic esters (lactones) is 1. The first-order chi connectivity index (χ1) is 12.6. The smallest absolute Gasteiger partial charge is 0.338 e. The minimum atomic E-state index is -0.642. The summed E-state index contributed by atoms with van der Waals surface area (Å²) in [7, 11) is 0. The van der Waals surface area contributed by atoms with Gasteiger partial charge in [-0.3, -0.25) is 9.59 Å². The summed E-state index contributed by atoms with van der Waals surface area (Å²) in [5.41, 5.74) is 2.00. The van der Waals surface area contributed by atoms with Crippen molar-refractivity contribution in [2.45, 2.75) is 25.7 Å². The zero-order valence-corrected chi connectivity index (χ0v) is 15.4. The van der Waals surface area contributed by atoms with Crippen LogP contribution in [0.5, 0.6) is 0 Å². The molecule has 1 unspecified atom stereocenters. The Morgan fingerprint density at radius 1 is 1.27 bits per heavy atom. The second-order valence-electron chi connectivity index (χ2n) is 7.34. The topological polar surface area (TPSA) is 75.7 Å². The van der Waals surface area contributed by atoms with Crippen LogP contribution in [0.3, 0.4) is 0 Å². The van der Waals surface area contributed by atoms with Crippen molar-refractivity contribution in [2.24, 2.45) is 5.41 Å². The molecule has 0 aromatic heterocycles. The number of ether oxygens (including phenoxy) is 1. The Hall–Kier alpha value is -2.02. The van der Waals surface area contributed by atoms with E-state index in [0.717, 1.165) is 36.3 Å². The summed E-state index contributed by atoms with van der Waals surface area (Å²) in [5.74, 6) is 0.702. The van der Waals surface area contributed by atoms with Gasteiger partial charge in [0, 0.05) is 31.0 Å². The van der Waals surface area contributed by atoms with Crippen molar-refractivity contribution in [1.82, 2.24) is 4.90 Å². The van der Waals surface area contributed by atoms with Gasteiger partial charge in [-0.25, -0.2) is 4.79 Å². The van der Waals surface area contributed by atoms with Crippen molar-refractivity contribution in [3.63, 3.8) is 0 Å². The number of carbonyl (C=O) groups excluding carboxylic acids is 3. The normalized spacial score (nSPS) is 24.9. The summed E-state index contributed by atoms with van der Waals surface area (Å²) in [6.45, 7) is 1.68. The monoisotopic (exact) mass is 374 g/mol. The summed E-state index contributed by atoms with van der Waals surface area (Å²) in [6, 6.07) is 5.13. The van der Waals surface area contributed by atoms with Gasteiger partial charge in [0.15, 0.2) is 0 Å². The molecule has 0 saturated carbocycles. The third kappa shape index (κ3) is 3.32. The molecule has 1 aromatic rings. The third-order valence-electron chi connectivity index (χ3n) is 5.52. The Morgan fingerprint density at radius 3 is 2.96 bits per heavy atom. The predicted octanol–water partition coefficient (Wildman–Crippen LogP) is 2.08. The second-order valence-corrected chi connectivity index (χ2v) is 8.45. The summed E-state index contributed by atoms with van der Waals surface area (Å²) < 4.78 is 5.03. The fourth-order valence-corrected chi connectivity index (χ4v) is 5.61. The van der Waals surface area contributed by atoms with Gasteiger partial charge >= 0.3 is 17.8 Å². The van der Waals surface area contributed by atoms with Gasteiger partial charge in [-0.1, -0.05) is 6.07 Å². The largest absolute Gasteiger partial charge is 0.462 e. The Bertz CT molecular complexity index is 758. The third-order valence-corrected chi connectivity index (χ3v) is 6.83. The highest BCUT2D eigenvalue weighted by molar-refractivity contribution is 7.99. The van der Waals surface area contributed by atoms with Crippen molar-refractivity contribution >= 4 is 35.2 Å². The van der Waals surface area contributed by atoms with E-state index < -0.39 is 11.8 Å². The maximum Gasteiger partial charge on any atom is 0.338 e. The Balaban J connectivity index is 1.44. The van der Waals surface area contributed by atoms with Gasteiger partial charge in [0.1, 0.15) is 0 Å². The van der Waals surface area contributed by atoms with Crippen LogP contribution in [0.1, 0.15) is 35.2 Å². The zero-order chi connectivity index (χ0) is 18.1. The number of nitrogens with one attached hydrogen (secondary N) is 1. The van der Waals surface area contributed by atoms with E-state index in [1.807, 2.05) is 17.8 Å². The minimum Gasteiger partial charge on any atom is -0.462 e. The first-order valence-corrected chi connectivity index (χ1v) is 10.2. The molecule has 1 atom stereocenters. The average molecular weight is 374 g/mol. The van der Waals surface area contributed by atoms with Gasteiger partial charge in [0.25, 0.3) is 0 Å². The first-order valence-electron chi connectivity index (χ1n) is 9.04. The molecule has 1 spiro atoms. The second kappa shape index (κ2) is 6.95. The highest BCUT2D eigenvalue weighted by Crippen LogP contribution is 2.42. The Labute approximate surface area is 156 Å². The molecule has 1 N–H and O–H groups in total. The number of fused-ring (bicyclic) bond motifs is 1. The van der Waals surface area contributed by atoms with Crippen LogP contribution in [-0.2, 0) is 20.7 Å². The molecule has 3 heterocycles. The number of carbonyl (C=O) groups is 3. The van der Waals surface area contributed by atoms with Crippen LogP contribution < -0.4 is 5.32 Å². The van der Waals surface area contributed by atoms with E-state index in [1.54, 1.807) is 17.0 Å². The number of piperidine rings is 1. The zero-order valence-electron chi connectivity index (χ0n) is 14.6. The lowest BCUT2D eigenvalue weighted by Crippen LogP contribution is -2.49. The number of thioether (sulfide) groups is 1. The molecule has 6 nitrogen and oxygen atoms in total. The fraction of sp³-hybridized carbons (Fsp3) is 0.526. The lowest BCUT2D eigenvalue weighted by Gasteiger charge is -2.39. The lowest BCUT2D eigenvalue weighted by atomic mass is 9.79. The van der Waals surface area contributed by atoms with Gasteiger partial charge in [0.05, 0.1) is 12.2 Å². The molecule has 3 aliphatic heterocycles. The van der Waals surface area contributed by atoms with Crippen LogP contribution in [0.25, 0.3) is 0 Å². The number of nitrogens with zero attached hydrogens (tertiary/aromatic N) is 1. The maximum atomic E-state index is 12.6. The van der Waals surface area contributed by atoms with Crippen LogP contribution in [-0.4, -0.2) is 53.9 Å². The molecule has 1 aromatic carbocycles. The van der Waals surface area contributed by atoms with E-state index in [-0.39, 0.29) is 11.4 Å². The molecule has 138 valence electrons. The number of likely N-dealkylation sites (tertiary alicyclic amines) is 1. The number of anilines is 1. The van der Waals surface area contributed by atoms with E-state index in [1.165, 1.54) is 0 Å². The SMILES string of the molecule is O=C(Nc1ccc2c(c1)C(=O)OCC2)C(=O)N1CCCC2(CCSC2)C1.